The average molecular weight is 293 g/mol. The van der Waals surface area contributed by atoms with Crippen LogP contribution in [0.1, 0.15) is 17.0 Å². The smallest absolute Gasteiger partial charge is 0.150 e. The number of rotatable bonds is 3. The molecule has 0 aliphatic carbocycles. The predicted molar refractivity (Wildman–Crippen MR) is 79.2 cm³/mol. The van der Waals surface area contributed by atoms with Crippen LogP contribution in [0, 0.1) is 25.5 Å². The Labute approximate surface area is 120 Å². The number of nitrogens with one attached hydrogen (secondary N) is 1. The van der Waals surface area contributed by atoms with E-state index in [1.54, 1.807) is 19.1 Å². The number of hydrogen-bond donors (Lipinski definition) is 2. The Morgan fingerprint density at radius 1 is 1.20 bits per heavy atom. The molecule has 20 heavy (non-hydrogen) atoms. The van der Waals surface area contributed by atoms with E-state index in [0.717, 1.165) is 17.8 Å². The van der Waals surface area contributed by atoms with Gasteiger partial charge in [-0.1, -0.05) is 12.2 Å². The predicted octanol–water partition coefficient (Wildman–Crippen LogP) is 3.35. The van der Waals surface area contributed by atoms with E-state index in [0.29, 0.717) is 11.4 Å². The summed E-state index contributed by atoms with van der Waals surface area (Å²) in [5, 5.41) is 2.71. The SMILES string of the molecule is Cc1ccc(Nc2c(F)cc(C(N)=S)cc2F)c(C)n1. The van der Waals surface area contributed by atoms with Crippen molar-refractivity contribution in [2.75, 3.05) is 5.32 Å². The van der Waals surface area contributed by atoms with Gasteiger partial charge in [0.2, 0.25) is 0 Å². The first-order valence-electron chi connectivity index (χ1n) is 5.88. The third-order valence-corrected chi connectivity index (χ3v) is 3.05. The Morgan fingerprint density at radius 3 is 2.30 bits per heavy atom. The monoisotopic (exact) mass is 293 g/mol. The summed E-state index contributed by atoms with van der Waals surface area (Å²) < 4.78 is 27.9. The van der Waals surface area contributed by atoms with Crippen molar-refractivity contribution in [3.8, 4) is 0 Å². The molecule has 0 radical (unpaired) electrons. The van der Waals surface area contributed by atoms with Crippen LogP contribution < -0.4 is 11.1 Å². The van der Waals surface area contributed by atoms with E-state index < -0.39 is 11.6 Å². The molecular weight excluding hydrogens is 280 g/mol. The minimum absolute atomic E-state index is 0.0532. The van der Waals surface area contributed by atoms with Crippen molar-refractivity contribution < 1.29 is 8.78 Å². The highest BCUT2D eigenvalue weighted by Gasteiger charge is 2.13. The lowest BCUT2D eigenvalue weighted by Crippen LogP contribution is -2.11. The molecule has 0 bridgehead atoms. The summed E-state index contributed by atoms with van der Waals surface area (Å²) >= 11 is 4.70. The summed E-state index contributed by atoms with van der Waals surface area (Å²) in [5.74, 6) is -1.51. The fourth-order valence-corrected chi connectivity index (χ4v) is 1.91. The third-order valence-electron chi connectivity index (χ3n) is 2.81. The summed E-state index contributed by atoms with van der Waals surface area (Å²) in [6, 6.07) is 5.68. The van der Waals surface area contributed by atoms with Gasteiger partial charge in [-0.05, 0) is 38.1 Å². The molecule has 1 aromatic heterocycles. The van der Waals surface area contributed by atoms with Crippen molar-refractivity contribution in [3.05, 3.63) is 52.9 Å². The molecule has 0 saturated carbocycles. The molecule has 3 N–H and O–H groups in total. The van der Waals surface area contributed by atoms with Crippen molar-refractivity contribution in [1.29, 1.82) is 0 Å². The van der Waals surface area contributed by atoms with E-state index in [1.807, 2.05) is 6.92 Å². The van der Waals surface area contributed by atoms with Crippen molar-refractivity contribution in [3.63, 3.8) is 0 Å². The van der Waals surface area contributed by atoms with Gasteiger partial charge in [0.25, 0.3) is 0 Å². The lowest BCUT2D eigenvalue weighted by molar-refractivity contribution is 0.590. The van der Waals surface area contributed by atoms with Crippen LogP contribution in [0.15, 0.2) is 24.3 Å². The largest absolute Gasteiger partial charge is 0.389 e. The summed E-state index contributed by atoms with van der Waals surface area (Å²) in [7, 11) is 0. The van der Waals surface area contributed by atoms with Gasteiger partial charge in [0, 0.05) is 11.3 Å². The first-order chi connectivity index (χ1) is 9.38. The molecule has 0 atom stereocenters. The highest BCUT2D eigenvalue weighted by atomic mass is 32.1. The van der Waals surface area contributed by atoms with Gasteiger partial charge in [0.05, 0.1) is 11.4 Å². The van der Waals surface area contributed by atoms with Crippen LogP contribution in [-0.2, 0) is 0 Å². The number of thiocarbonyl (C=S) groups is 1. The highest BCUT2D eigenvalue weighted by Crippen LogP contribution is 2.26. The van der Waals surface area contributed by atoms with Crippen molar-refractivity contribution in [1.82, 2.24) is 4.98 Å². The minimum Gasteiger partial charge on any atom is -0.389 e. The van der Waals surface area contributed by atoms with E-state index in [-0.39, 0.29) is 16.2 Å². The number of pyridine rings is 1. The molecule has 1 aromatic carbocycles. The maximum atomic E-state index is 13.9. The van der Waals surface area contributed by atoms with E-state index in [4.69, 9.17) is 18.0 Å². The molecule has 0 aliphatic rings. The molecule has 1 heterocycles. The molecule has 2 aromatic rings. The molecule has 6 heteroatoms. The number of nitrogens with two attached hydrogens (primary N) is 1. The van der Waals surface area contributed by atoms with Gasteiger partial charge >= 0.3 is 0 Å². The zero-order chi connectivity index (χ0) is 14.9. The summed E-state index contributed by atoms with van der Waals surface area (Å²) in [4.78, 5) is 4.17. The molecule has 3 nitrogen and oxygen atoms in total. The fraction of sp³-hybridized carbons (Fsp3) is 0.143. The van der Waals surface area contributed by atoms with Gasteiger partial charge in [0.15, 0.2) is 0 Å². The molecule has 0 amide bonds. The lowest BCUT2D eigenvalue weighted by atomic mass is 10.1. The van der Waals surface area contributed by atoms with Crippen molar-refractivity contribution in [2.24, 2.45) is 5.73 Å². The van der Waals surface area contributed by atoms with Gasteiger partial charge in [-0.3, -0.25) is 4.98 Å². The quantitative estimate of drug-likeness (QED) is 0.852. The van der Waals surface area contributed by atoms with E-state index in [2.05, 4.69) is 10.3 Å². The summed E-state index contributed by atoms with van der Waals surface area (Å²) in [6.07, 6.45) is 0. The number of aryl methyl sites for hydroxylation is 2. The number of halogens is 2. The molecular formula is C14H13F2N3S. The second-order valence-electron chi connectivity index (χ2n) is 4.39. The van der Waals surface area contributed by atoms with Gasteiger partial charge in [0.1, 0.15) is 22.3 Å². The number of hydrogen-bond acceptors (Lipinski definition) is 3. The molecule has 104 valence electrons. The van der Waals surface area contributed by atoms with Crippen LogP contribution in [-0.4, -0.2) is 9.97 Å². The maximum absolute atomic E-state index is 13.9. The zero-order valence-corrected chi connectivity index (χ0v) is 11.8. The minimum atomic E-state index is -0.757. The standard InChI is InChI=1S/C14H13F2N3S/c1-7-3-4-12(8(2)18-7)19-13-10(15)5-9(14(17)20)6-11(13)16/h3-6,19H,1-2H3,(H2,17,20). The van der Waals surface area contributed by atoms with Crippen LogP contribution in [0.5, 0.6) is 0 Å². The Hall–Kier alpha value is -2.08. The number of benzene rings is 1. The first-order valence-corrected chi connectivity index (χ1v) is 6.29. The van der Waals surface area contributed by atoms with Crippen LogP contribution in [0.25, 0.3) is 0 Å². The van der Waals surface area contributed by atoms with Gasteiger partial charge < -0.3 is 11.1 Å². The average Bonchev–Trinajstić information content (AvgIpc) is 2.35. The second kappa shape index (κ2) is 5.50. The van der Waals surface area contributed by atoms with Crippen LogP contribution >= 0.6 is 12.2 Å². The van der Waals surface area contributed by atoms with Crippen LogP contribution in [0.3, 0.4) is 0 Å². The molecule has 2 rings (SSSR count). The van der Waals surface area contributed by atoms with E-state index in [1.165, 1.54) is 0 Å². The Balaban J connectivity index is 2.41. The number of anilines is 2. The normalized spacial score (nSPS) is 10.4. The Kier molecular flexibility index (Phi) is 3.94. The molecule has 0 aliphatic heterocycles. The highest BCUT2D eigenvalue weighted by molar-refractivity contribution is 7.80. The topological polar surface area (TPSA) is 50.9 Å². The van der Waals surface area contributed by atoms with Gasteiger partial charge in [-0.15, -0.1) is 0 Å². The fourth-order valence-electron chi connectivity index (χ4n) is 1.79. The maximum Gasteiger partial charge on any atom is 0.150 e. The Bertz CT molecular complexity index is 663. The molecule has 0 saturated heterocycles. The third kappa shape index (κ3) is 2.91. The van der Waals surface area contributed by atoms with E-state index >= 15 is 0 Å². The van der Waals surface area contributed by atoms with Gasteiger partial charge in [-0.25, -0.2) is 8.78 Å². The first kappa shape index (κ1) is 14.3. The molecule has 0 unspecified atom stereocenters. The van der Waals surface area contributed by atoms with Crippen LogP contribution in [0.2, 0.25) is 0 Å². The summed E-state index contributed by atoms with van der Waals surface area (Å²) in [5.41, 5.74) is 7.29. The molecule has 0 spiro atoms. The van der Waals surface area contributed by atoms with E-state index in [9.17, 15) is 8.78 Å². The number of aromatic nitrogens is 1. The second-order valence-corrected chi connectivity index (χ2v) is 4.83. The Morgan fingerprint density at radius 2 is 1.80 bits per heavy atom. The molecule has 0 fully saturated rings. The van der Waals surface area contributed by atoms with Gasteiger partial charge in [-0.2, -0.15) is 0 Å². The zero-order valence-electron chi connectivity index (χ0n) is 11.0. The van der Waals surface area contributed by atoms with Crippen molar-refractivity contribution >= 4 is 28.6 Å². The summed E-state index contributed by atoms with van der Waals surface area (Å²) in [6.45, 7) is 3.60. The van der Waals surface area contributed by atoms with Crippen molar-refractivity contribution in [2.45, 2.75) is 13.8 Å². The van der Waals surface area contributed by atoms with Crippen LogP contribution in [0.4, 0.5) is 20.2 Å². The lowest BCUT2D eigenvalue weighted by Gasteiger charge is -2.12. The number of nitrogens with zero attached hydrogens (tertiary/aromatic N) is 1.